The van der Waals surface area contributed by atoms with Crippen LogP contribution in [0, 0.1) is 6.92 Å². The van der Waals surface area contributed by atoms with E-state index < -0.39 is 9.84 Å². The Morgan fingerprint density at radius 2 is 2.12 bits per heavy atom. The maximum absolute atomic E-state index is 11.3. The summed E-state index contributed by atoms with van der Waals surface area (Å²) in [6.45, 7) is 1.82. The third-order valence-electron chi connectivity index (χ3n) is 2.79. The molecule has 7 nitrogen and oxygen atoms in total. The number of nitrogens with one attached hydrogen (secondary N) is 2. The third-order valence-corrected chi connectivity index (χ3v) is 4.56. The number of hydrogen-bond acceptors (Lipinski definition) is 7. The molecule has 1 unspecified atom stereocenters. The number of hydrogen-bond donors (Lipinski definition) is 3. The van der Waals surface area contributed by atoms with Crippen LogP contribution in [0.15, 0.2) is 6.33 Å². The summed E-state index contributed by atoms with van der Waals surface area (Å²) in [5, 5.41) is 3.11. The van der Waals surface area contributed by atoms with Gasteiger partial charge in [-0.3, -0.25) is 0 Å². The molecule has 0 radical (unpaired) electrons. The first-order valence-corrected chi connectivity index (χ1v) is 7.09. The normalized spacial score (nSPS) is 22.4. The van der Waals surface area contributed by atoms with Gasteiger partial charge in [-0.1, -0.05) is 0 Å². The summed E-state index contributed by atoms with van der Waals surface area (Å²) in [4.78, 5) is 8.04. The van der Waals surface area contributed by atoms with E-state index in [1.165, 1.54) is 6.33 Å². The average molecular weight is 257 g/mol. The molecule has 94 valence electrons. The zero-order chi connectivity index (χ0) is 12.5. The first-order valence-electron chi connectivity index (χ1n) is 5.27. The molecule has 1 fully saturated rings. The second-order valence-corrected chi connectivity index (χ2v) is 6.31. The Balaban J connectivity index is 2.15. The molecule has 2 rings (SSSR count). The van der Waals surface area contributed by atoms with Gasteiger partial charge in [0, 0.05) is 11.6 Å². The monoisotopic (exact) mass is 257 g/mol. The maximum Gasteiger partial charge on any atom is 0.152 e. The Morgan fingerprint density at radius 1 is 1.41 bits per heavy atom. The molecule has 1 aliphatic heterocycles. The number of nitrogens with zero attached hydrogens (tertiary/aromatic N) is 2. The van der Waals surface area contributed by atoms with E-state index in [2.05, 4.69) is 20.7 Å². The van der Waals surface area contributed by atoms with E-state index in [0.29, 0.717) is 18.1 Å². The number of hydrazine groups is 1. The van der Waals surface area contributed by atoms with Gasteiger partial charge in [0.15, 0.2) is 9.84 Å². The van der Waals surface area contributed by atoms with Crippen LogP contribution in [-0.2, 0) is 9.84 Å². The molecule has 8 heteroatoms. The van der Waals surface area contributed by atoms with Crippen LogP contribution in [0.3, 0.4) is 0 Å². The van der Waals surface area contributed by atoms with Crippen LogP contribution in [0.2, 0.25) is 0 Å². The summed E-state index contributed by atoms with van der Waals surface area (Å²) in [6.07, 6.45) is 1.99. The fraction of sp³-hybridized carbons (Fsp3) is 0.556. The van der Waals surface area contributed by atoms with Crippen molar-refractivity contribution in [1.29, 1.82) is 0 Å². The molecule has 0 amide bonds. The van der Waals surface area contributed by atoms with Gasteiger partial charge in [0.1, 0.15) is 18.0 Å². The molecule has 2 heterocycles. The van der Waals surface area contributed by atoms with E-state index in [0.717, 1.165) is 5.56 Å². The van der Waals surface area contributed by atoms with Crippen molar-refractivity contribution in [2.24, 2.45) is 5.84 Å². The van der Waals surface area contributed by atoms with Gasteiger partial charge in [0.2, 0.25) is 0 Å². The van der Waals surface area contributed by atoms with Crippen LogP contribution >= 0.6 is 0 Å². The summed E-state index contributed by atoms with van der Waals surface area (Å²) in [5.74, 6) is 6.85. The van der Waals surface area contributed by atoms with Crippen molar-refractivity contribution < 1.29 is 8.42 Å². The number of nitrogen functional groups attached to an aromatic ring is 1. The average Bonchev–Trinajstić information content (AvgIpc) is 2.61. The molecule has 0 aromatic carbocycles. The fourth-order valence-electron chi connectivity index (χ4n) is 1.84. The molecule has 0 saturated carbocycles. The zero-order valence-electron chi connectivity index (χ0n) is 9.47. The molecule has 17 heavy (non-hydrogen) atoms. The summed E-state index contributed by atoms with van der Waals surface area (Å²) < 4.78 is 22.7. The zero-order valence-corrected chi connectivity index (χ0v) is 10.3. The molecule has 1 aromatic heterocycles. The van der Waals surface area contributed by atoms with E-state index in [1.807, 2.05) is 6.92 Å². The Kier molecular flexibility index (Phi) is 3.16. The quantitative estimate of drug-likeness (QED) is 0.502. The van der Waals surface area contributed by atoms with Crippen molar-refractivity contribution in [3.05, 3.63) is 11.9 Å². The second-order valence-electron chi connectivity index (χ2n) is 4.08. The molecule has 0 bridgehead atoms. The predicted molar refractivity (Wildman–Crippen MR) is 65.3 cm³/mol. The van der Waals surface area contributed by atoms with Crippen LogP contribution in [0.1, 0.15) is 12.0 Å². The van der Waals surface area contributed by atoms with E-state index in [4.69, 9.17) is 5.84 Å². The van der Waals surface area contributed by atoms with Gasteiger partial charge >= 0.3 is 0 Å². The molecular weight excluding hydrogens is 242 g/mol. The first kappa shape index (κ1) is 12.1. The lowest BCUT2D eigenvalue weighted by molar-refractivity contribution is 0.602. The van der Waals surface area contributed by atoms with E-state index in [-0.39, 0.29) is 17.5 Å². The van der Waals surface area contributed by atoms with E-state index >= 15 is 0 Å². The first-order chi connectivity index (χ1) is 8.02. The predicted octanol–water partition coefficient (Wildman–Crippen LogP) is -0.330. The lowest BCUT2D eigenvalue weighted by Crippen LogP contribution is -2.22. The molecular formula is C9H15N5O2S. The maximum atomic E-state index is 11.3. The van der Waals surface area contributed by atoms with Gasteiger partial charge in [-0.05, 0) is 13.3 Å². The highest BCUT2D eigenvalue weighted by molar-refractivity contribution is 7.91. The Hall–Kier alpha value is -1.41. The van der Waals surface area contributed by atoms with Crippen LogP contribution in [0.4, 0.5) is 11.6 Å². The Bertz CT molecular complexity index is 516. The lowest BCUT2D eigenvalue weighted by Gasteiger charge is -2.14. The number of aromatic nitrogens is 2. The van der Waals surface area contributed by atoms with Crippen molar-refractivity contribution in [2.75, 3.05) is 22.2 Å². The van der Waals surface area contributed by atoms with Crippen molar-refractivity contribution >= 4 is 21.5 Å². The second kappa shape index (κ2) is 4.46. The van der Waals surface area contributed by atoms with Gasteiger partial charge in [-0.25, -0.2) is 24.2 Å². The largest absolute Gasteiger partial charge is 0.366 e. The summed E-state index contributed by atoms with van der Waals surface area (Å²) in [6, 6.07) is -0.0841. The van der Waals surface area contributed by atoms with Gasteiger partial charge in [-0.2, -0.15) is 0 Å². The highest BCUT2D eigenvalue weighted by Crippen LogP contribution is 2.21. The van der Waals surface area contributed by atoms with Crippen molar-refractivity contribution in [2.45, 2.75) is 19.4 Å². The fourth-order valence-corrected chi connectivity index (χ4v) is 3.52. The third kappa shape index (κ3) is 2.64. The topological polar surface area (TPSA) is 110 Å². The van der Waals surface area contributed by atoms with E-state index in [9.17, 15) is 8.42 Å². The van der Waals surface area contributed by atoms with Crippen molar-refractivity contribution in [3.63, 3.8) is 0 Å². The number of sulfone groups is 1. The smallest absolute Gasteiger partial charge is 0.152 e. The molecule has 1 aromatic rings. The molecule has 1 saturated heterocycles. The minimum absolute atomic E-state index is 0.0841. The number of anilines is 2. The SMILES string of the molecule is Cc1c(NN)ncnc1NC1CCS(=O)(=O)C1. The minimum atomic E-state index is -2.89. The van der Waals surface area contributed by atoms with E-state index in [1.54, 1.807) is 0 Å². The van der Waals surface area contributed by atoms with Crippen LogP contribution < -0.4 is 16.6 Å². The lowest BCUT2D eigenvalue weighted by atomic mass is 10.2. The Morgan fingerprint density at radius 3 is 2.71 bits per heavy atom. The van der Waals surface area contributed by atoms with Crippen molar-refractivity contribution in [1.82, 2.24) is 9.97 Å². The standard InChI is InChI=1S/C9H15N5O2S/c1-6-8(11-5-12-9(6)14-10)13-7-2-3-17(15,16)4-7/h5,7H,2-4,10H2,1H3,(H2,11,12,13,14). The summed E-state index contributed by atoms with van der Waals surface area (Å²) in [7, 11) is -2.89. The molecule has 1 atom stereocenters. The highest BCUT2D eigenvalue weighted by atomic mass is 32.2. The van der Waals surface area contributed by atoms with Gasteiger partial charge in [0.25, 0.3) is 0 Å². The van der Waals surface area contributed by atoms with Gasteiger partial charge in [0.05, 0.1) is 11.5 Å². The Labute approximate surface area is 99.7 Å². The van der Waals surface area contributed by atoms with Crippen LogP contribution in [0.5, 0.6) is 0 Å². The molecule has 0 aliphatic carbocycles. The summed E-state index contributed by atoms with van der Waals surface area (Å²) in [5.41, 5.74) is 3.24. The minimum Gasteiger partial charge on any atom is -0.366 e. The molecule has 0 spiro atoms. The van der Waals surface area contributed by atoms with Crippen LogP contribution in [0.25, 0.3) is 0 Å². The highest BCUT2D eigenvalue weighted by Gasteiger charge is 2.28. The van der Waals surface area contributed by atoms with Crippen molar-refractivity contribution in [3.8, 4) is 0 Å². The number of rotatable bonds is 3. The molecule has 1 aliphatic rings. The van der Waals surface area contributed by atoms with Gasteiger partial charge in [-0.15, -0.1) is 0 Å². The van der Waals surface area contributed by atoms with Crippen LogP contribution in [-0.4, -0.2) is 35.9 Å². The van der Waals surface area contributed by atoms with Gasteiger partial charge < -0.3 is 10.7 Å². The molecule has 4 N–H and O–H groups in total. The summed E-state index contributed by atoms with van der Waals surface area (Å²) >= 11 is 0. The number of nitrogens with two attached hydrogens (primary N) is 1.